The summed E-state index contributed by atoms with van der Waals surface area (Å²) < 4.78 is 0. The molecule has 0 bridgehead atoms. The number of carboxylic acid groups (broad SMARTS) is 1. The Kier molecular flexibility index (Phi) is 4.49. The smallest absolute Gasteiger partial charge is 0.321 e. The summed E-state index contributed by atoms with van der Waals surface area (Å²) in [6.07, 6.45) is 2.61. The highest BCUT2D eigenvalue weighted by Crippen LogP contribution is 2.24. The van der Waals surface area contributed by atoms with Crippen molar-refractivity contribution in [1.82, 2.24) is 4.90 Å². The number of likely N-dealkylation sites (tertiary alicyclic amines) is 1. The molecule has 0 unspecified atom stereocenters. The van der Waals surface area contributed by atoms with Gasteiger partial charge >= 0.3 is 5.97 Å². The molecule has 98 valence electrons. The highest BCUT2D eigenvalue weighted by molar-refractivity contribution is 6.42. The van der Waals surface area contributed by atoms with Crippen LogP contribution < -0.4 is 0 Å². The second-order valence-electron chi connectivity index (χ2n) is 4.55. The maximum absolute atomic E-state index is 11.3. The first kappa shape index (κ1) is 13.7. The number of benzene rings is 1. The van der Waals surface area contributed by atoms with Gasteiger partial charge in [-0.3, -0.25) is 9.69 Å². The molecule has 1 atom stereocenters. The van der Waals surface area contributed by atoms with Crippen LogP contribution in [0, 0.1) is 0 Å². The van der Waals surface area contributed by atoms with Gasteiger partial charge in [-0.2, -0.15) is 0 Å². The Balaban J connectivity index is 2.12. The van der Waals surface area contributed by atoms with Gasteiger partial charge in [0.05, 0.1) is 10.0 Å². The zero-order valence-electron chi connectivity index (χ0n) is 9.90. The van der Waals surface area contributed by atoms with Gasteiger partial charge in [-0.25, -0.2) is 0 Å². The molecule has 5 heteroatoms. The predicted octanol–water partition coefficient (Wildman–Crippen LogP) is 3.08. The molecule has 1 aliphatic rings. The summed E-state index contributed by atoms with van der Waals surface area (Å²) in [7, 11) is 0. The van der Waals surface area contributed by atoms with Crippen molar-refractivity contribution < 1.29 is 9.90 Å². The van der Waals surface area contributed by atoms with Gasteiger partial charge < -0.3 is 5.11 Å². The lowest BCUT2D eigenvalue weighted by Crippen LogP contribution is -2.40. The topological polar surface area (TPSA) is 40.5 Å². The minimum absolute atomic E-state index is 0.465. The van der Waals surface area contributed by atoms with Crippen LogP contribution >= 0.6 is 23.2 Å². The lowest BCUT2D eigenvalue weighted by molar-refractivity contribution is -0.142. The molecular weight excluding hydrogens is 273 g/mol. The van der Waals surface area contributed by atoms with E-state index < -0.39 is 12.0 Å². The minimum atomic E-state index is -0.775. The Morgan fingerprint density at radius 2 is 1.94 bits per heavy atom. The van der Waals surface area contributed by atoms with Crippen LogP contribution in [0.2, 0.25) is 10.0 Å². The van der Waals surface area contributed by atoms with Crippen LogP contribution in [-0.2, 0) is 11.2 Å². The average molecular weight is 288 g/mol. The number of rotatable bonds is 4. The zero-order valence-corrected chi connectivity index (χ0v) is 11.4. The van der Waals surface area contributed by atoms with Crippen LogP contribution in [0.3, 0.4) is 0 Å². The van der Waals surface area contributed by atoms with Gasteiger partial charge in [0.25, 0.3) is 0 Å². The zero-order chi connectivity index (χ0) is 13.1. The van der Waals surface area contributed by atoms with E-state index in [4.69, 9.17) is 23.2 Å². The summed E-state index contributed by atoms with van der Waals surface area (Å²) in [6, 6.07) is 4.82. The quantitative estimate of drug-likeness (QED) is 0.925. The molecule has 1 fully saturated rings. The first-order valence-electron chi connectivity index (χ1n) is 5.98. The lowest BCUT2D eigenvalue weighted by Gasteiger charge is -2.23. The molecule has 2 rings (SSSR count). The standard InChI is InChI=1S/C13H15Cl2NO2/c14-10-4-3-9(7-11(10)15)8-12(13(17)18)16-5-1-2-6-16/h3-4,7,12H,1-2,5-6,8H2,(H,17,18)/t12-/m0/s1. The van der Waals surface area contributed by atoms with E-state index in [1.54, 1.807) is 12.1 Å². The second-order valence-corrected chi connectivity index (χ2v) is 5.36. The third-order valence-electron chi connectivity index (χ3n) is 3.28. The Morgan fingerprint density at radius 3 is 2.50 bits per heavy atom. The Labute approximate surface area is 116 Å². The van der Waals surface area contributed by atoms with E-state index in [9.17, 15) is 9.90 Å². The van der Waals surface area contributed by atoms with Gasteiger partial charge in [0.15, 0.2) is 0 Å². The van der Waals surface area contributed by atoms with Gasteiger partial charge in [0, 0.05) is 0 Å². The van der Waals surface area contributed by atoms with Gasteiger partial charge in [0.2, 0.25) is 0 Å². The summed E-state index contributed by atoms with van der Waals surface area (Å²) in [5, 5.41) is 10.3. The van der Waals surface area contributed by atoms with Crippen molar-refractivity contribution in [3.63, 3.8) is 0 Å². The maximum Gasteiger partial charge on any atom is 0.321 e. The van der Waals surface area contributed by atoms with Gasteiger partial charge in [-0.05, 0) is 50.0 Å². The van der Waals surface area contributed by atoms with Crippen molar-refractivity contribution in [3.05, 3.63) is 33.8 Å². The normalized spacial score (nSPS) is 17.9. The van der Waals surface area contributed by atoms with Crippen LogP contribution in [0.5, 0.6) is 0 Å². The van der Waals surface area contributed by atoms with Gasteiger partial charge in [-0.1, -0.05) is 29.3 Å². The fourth-order valence-corrected chi connectivity index (χ4v) is 2.64. The molecule has 0 radical (unpaired) electrons. The Morgan fingerprint density at radius 1 is 1.28 bits per heavy atom. The SMILES string of the molecule is O=C(O)[C@H](Cc1ccc(Cl)c(Cl)c1)N1CCCC1. The van der Waals surface area contributed by atoms with E-state index in [-0.39, 0.29) is 0 Å². The van der Waals surface area contributed by atoms with Crippen LogP contribution in [0.1, 0.15) is 18.4 Å². The highest BCUT2D eigenvalue weighted by atomic mass is 35.5. The Bertz CT molecular complexity index is 445. The molecule has 1 heterocycles. The summed E-state index contributed by atoms with van der Waals surface area (Å²) >= 11 is 11.8. The average Bonchev–Trinajstić information content (AvgIpc) is 2.83. The van der Waals surface area contributed by atoms with Crippen LogP contribution in [0.4, 0.5) is 0 Å². The largest absolute Gasteiger partial charge is 0.480 e. The molecule has 1 saturated heterocycles. The van der Waals surface area contributed by atoms with Gasteiger partial charge in [0.1, 0.15) is 6.04 Å². The summed E-state index contributed by atoms with van der Waals surface area (Å²) in [6.45, 7) is 1.72. The first-order chi connectivity index (χ1) is 8.58. The number of hydrogen-bond donors (Lipinski definition) is 1. The number of carboxylic acids is 1. The van der Waals surface area contributed by atoms with Crippen LogP contribution in [0.25, 0.3) is 0 Å². The molecule has 0 spiro atoms. The molecule has 3 nitrogen and oxygen atoms in total. The number of carbonyl (C=O) groups is 1. The Hall–Kier alpha value is -0.770. The van der Waals surface area contributed by atoms with Crippen LogP contribution in [0.15, 0.2) is 18.2 Å². The van der Waals surface area contributed by atoms with E-state index in [1.165, 1.54) is 0 Å². The monoisotopic (exact) mass is 287 g/mol. The van der Waals surface area contributed by atoms with E-state index in [1.807, 2.05) is 11.0 Å². The number of aliphatic carboxylic acids is 1. The fraction of sp³-hybridized carbons (Fsp3) is 0.462. The van der Waals surface area contributed by atoms with E-state index >= 15 is 0 Å². The van der Waals surface area contributed by atoms with E-state index in [2.05, 4.69) is 0 Å². The number of nitrogens with zero attached hydrogens (tertiary/aromatic N) is 1. The van der Waals surface area contributed by atoms with Crippen molar-refractivity contribution in [2.45, 2.75) is 25.3 Å². The van der Waals surface area contributed by atoms with Crippen molar-refractivity contribution in [2.24, 2.45) is 0 Å². The molecule has 0 aliphatic carbocycles. The summed E-state index contributed by atoms with van der Waals surface area (Å²) in [4.78, 5) is 13.4. The molecule has 1 N–H and O–H groups in total. The molecule has 18 heavy (non-hydrogen) atoms. The summed E-state index contributed by atoms with van der Waals surface area (Å²) in [5.41, 5.74) is 0.906. The summed E-state index contributed by atoms with van der Waals surface area (Å²) in [5.74, 6) is -0.775. The second kappa shape index (κ2) is 5.91. The highest BCUT2D eigenvalue weighted by Gasteiger charge is 2.27. The predicted molar refractivity (Wildman–Crippen MR) is 72.4 cm³/mol. The number of hydrogen-bond acceptors (Lipinski definition) is 2. The van der Waals surface area contributed by atoms with Crippen molar-refractivity contribution >= 4 is 29.2 Å². The van der Waals surface area contributed by atoms with Gasteiger partial charge in [-0.15, -0.1) is 0 Å². The van der Waals surface area contributed by atoms with Crippen molar-refractivity contribution in [2.75, 3.05) is 13.1 Å². The van der Waals surface area contributed by atoms with E-state index in [0.29, 0.717) is 16.5 Å². The lowest BCUT2D eigenvalue weighted by atomic mass is 10.1. The number of halogens is 2. The minimum Gasteiger partial charge on any atom is -0.480 e. The molecule has 1 aromatic carbocycles. The van der Waals surface area contributed by atoms with Crippen molar-refractivity contribution in [3.8, 4) is 0 Å². The molecule has 1 aromatic rings. The molecular formula is C13H15Cl2NO2. The molecule has 0 aromatic heterocycles. The molecule has 0 amide bonds. The van der Waals surface area contributed by atoms with Crippen LogP contribution in [-0.4, -0.2) is 35.1 Å². The fourth-order valence-electron chi connectivity index (χ4n) is 2.32. The van der Waals surface area contributed by atoms with Crippen molar-refractivity contribution in [1.29, 1.82) is 0 Å². The molecule has 0 saturated carbocycles. The third-order valence-corrected chi connectivity index (χ3v) is 4.02. The third kappa shape index (κ3) is 3.16. The molecule has 1 aliphatic heterocycles. The maximum atomic E-state index is 11.3. The van der Waals surface area contributed by atoms with E-state index in [0.717, 1.165) is 31.5 Å². The first-order valence-corrected chi connectivity index (χ1v) is 6.74.